The maximum Gasteiger partial charge on any atom is 0.367 e. The highest BCUT2D eigenvalue weighted by Crippen LogP contribution is 2.29. The van der Waals surface area contributed by atoms with E-state index in [1.54, 1.807) is 10.7 Å². The van der Waals surface area contributed by atoms with Crippen molar-refractivity contribution in [2.24, 2.45) is 0 Å². The fraction of sp³-hybridized carbons (Fsp3) is 0.476. The van der Waals surface area contributed by atoms with Crippen LogP contribution in [0.2, 0.25) is 5.02 Å². The lowest BCUT2D eigenvalue weighted by Crippen LogP contribution is -2.54. The third kappa shape index (κ3) is 4.50. The number of piperazine rings is 1. The van der Waals surface area contributed by atoms with E-state index in [0.29, 0.717) is 15.7 Å². The molecule has 1 N–H and O–H groups in total. The van der Waals surface area contributed by atoms with Crippen LogP contribution in [0.3, 0.4) is 0 Å². The molecular formula is C21H26ClN5O2S. The predicted octanol–water partition coefficient (Wildman–Crippen LogP) is 2.31. The SMILES string of the molecule is Cc1ccc(NC(=O)CSc2nc(=O)n(N3CCN(C)CC3)c3c2CCC3)cc1Cl. The van der Waals surface area contributed by atoms with Crippen LogP contribution < -0.4 is 16.0 Å². The average molecular weight is 448 g/mol. The van der Waals surface area contributed by atoms with Crippen LogP contribution in [0.25, 0.3) is 0 Å². The number of nitrogens with zero attached hydrogens (tertiary/aromatic N) is 4. The molecule has 0 radical (unpaired) electrons. The number of carbonyl (C=O) groups excluding carboxylic acids is 1. The molecule has 1 aromatic carbocycles. The summed E-state index contributed by atoms with van der Waals surface area (Å²) in [6, 6.07) is 5.45. The monoisotopic (exact) mass is 447 g/mol. The molecule has 0 spiro atoms. The van der Waals surface area contributed by atoms with Crippen molar-refractivity contribution < 1.29 is 4.79 Å². The number of fused-ring (bicyclic) bond motifs is 1. The number of hydrogen-bond acceptors (Lipinski definition) is 6. The minimum absolute atomic E-state index is 0.142. The Morgan fingerprint density at radius 3 is 2.73 bits per heavy atom. The van der Waals surface area contributed by atoms with Gasteiger partial charge in [-0.15, -0.1) is 0 Å². The van der Waals surface area contributed by atoms with Gasteiger partial charge in [0.05, 0.1) is 11.4 Å². The van der Waals surface area contributed by atoms with Crippen molar-refractivity contribution in [2.75, 3.05) is 49.3 Å². The summed E-state index contributed by atoms with van der Waals surface area (Å²) in [6.45, 7) is 5.42. The van der Waals surface area contributed by atoms with E-state index in [1.165, 1.54) is 11.8 Å². The van der Waals surface area contributed by atoms with Crippen molar-refractivity contribution in [3.63, 3.8) is 0 Å². The lowest BCUT2D eigenvalue weighted by Gasteiger charge is -2.35. The minimum atomic E-state index is -0.242. The van der Waals surface area contributed by atoms with Crippen LogP contribution in [0.15, 0.2) is 28.0 Å². The molecule has 1 aromatic heterocycles. The Bertz CT molecular complexity index is 1020. The second-order valence-electron chi connectivity index (χ2n) is 7.85. The van der Waals surface area contributed by atoms with Gasteiger partial charge in [-0.2, -0.15) is 4.98 Å². The first kappa shape index (κ1) is 21.2. The molecule has 2 aromatic rings. The molecule has 1 aliphatic heterocycles. The Labute approximate surface area is 185 Å². The quantitative estimate of drug-likeness (QED) is 0.560. The van der Waals surface area contributed by atoms with Crippen molar-refractivity contribution in [2.45, 2.75) is 31.2 Å². The maximum absolute atomic E-state index is 12.9. The number of benzene rings is 1. The molecule has 2 aliphatic rings. The summed E-state index contributed by atoms with van der Waals surface area (Å²) in [5.41, 5.74) is 3.57. The van der Waals surface area contributed by atoms with Gasteiger partial charge in [-0.1, -0.05) is 29.4 Å². The highest BCUT2D eigenvalue weighted by Gasteiger charge is 2.26. The first-order valence-electron chi connectivity index (χ1n) is 10.2. The fourth-order valence-corrected chi connectivity index (χ4v) is 4.97. The summed E-state index contributed by atoms with van der Waals surface area (Å²) in [5, 5.41) is 6.28. The van der Waals surface area contributed by atoms with Gasteiger partial charge in [-0.3, -0.25) is 4.79 Å². The van der Waals surface area contributed by atoms with Gasteiger partial charge in [0.2, 0.25) is 5.91 Å². The number of halogens is 1. The molecule has 4 rings (SSSR count). The number of rotatable bonds is 5. The number of anilines is 1. The number of likely N-dealkylation sites (N-methyl/N-ethyl adjacent to an activating group) is 1. The first-order chi connectivity index (χ1) is 14.4. The third-order valence-electron chi connectivity index (χ3n) is 5.64. The minimum Gasteiger partial charge on any atom is -0.325 e. The highest BCUT2D eigenvalue weighted by atomic mass is 35.5. The molecule has 0 bridgehead atoms. The van der Waals surface area contributed by atoms with Crippen LogP contribution >= 0.6 is 23.4 Å². The molecule has 1 amide bonds. The molecule has 160 valence electrons. The van der Waals surface area contributed by atoms with Crippen LogP contribution in [0.5, 0.6) is 0 Å². The topological polar surface area (TPSA) is 70.5 Å². The summed E-state index contributed by atoms with van der Waals surface area (Å²) in [5.74, 6) is 0.0554. The molecule has 1 saturated heterocycles. The first-order valence-corrected chi connectivity index (χ1v) is 11.6. The van der Waals surface area contributed by atoms with Crippen molar-refractivity contribution in [3.05, 3.63) is 50.5 Å². The Hall–Kier alpha value is -2.03. The van der Waals surface area contributed by atoms with E-state index in [1.807, 2.05) is 19.1 Å². The van der Waals surface area contributed by atoms with E-state index in [4.69, 9.17) is 11.6 Å². The van der Waals surface area contributed by atoms with E-state index in [9.17, 15) is 9.59 Å². The summed E-state index contributed by atoms with van der Waals surface area (Å²) in [7, 11) is 2.10. The predicted molar refractivity (Wildman–Crippen MR) is 122 cm³/mol. The lowest BCUT2D eigenvalue weighted by atomic mass is 10.2. The highest BCUT2D eigenvalue weighted by molar-refractivity contribution is 8.00. The van der Waals surface area contributed by atoms with Crippen LogP contribution in [0.1, 0.15) is 23.2 Å². The zero-order chi connectivity index (χ0) is 21.3. The molecular weight excluding hydrogens is 422 g/mol. The molecule has 0 atom stereocenters. The van der Waals surface area contributed by atoms with Crippen LogP contribution in [0.4, 0.5) is 5.69 Å². The number of nitrogens with one attached hydrogen (secondary N) is 1. The van der Waals surface area contributed by atoms with Crippen molar-refractivity contribution in [1.82, 2.24) is 14.6 Å². The normalized spacial score (nSPS) is 16.6. The molecule has 9 heteroatoms. The average Bonchev–Trinajstić information content (AvgIpc) is 3.20. The number of carbonyl (C=O) groups is 1. The molecule has 0 saturated carbocycles. The largest absolute Gasteiger partial charge is 0.367 e. The molecule has 2 heterocycles. The maximum atomic E-state index is 12.9. The van der Waals surface area contributed by atoms with Gasteiger partial charge in [0.1, 0.15) is 5.03 Å². The zero-order valence-corrected chi connectivity index (χ0v) is 18.9. The number of aryl methyl sites for hydroxylation is 1. The number of amides is 1. The molecule has 30 heavy (non-hydrogen) atoms. The summed E-state index contributed by atoms with van der Waals surface area (Å²) in [4.78, 5) is 31.9. The van der Waals surface area contributed by atoms with Gasteiger partial charge in [-0.25, -0.2) is 9.47 Å². The van der Waals surface area contributed by atoms with Gasteiger partial charge in [-0.05, 0) is 50.9 Å². The van der Waals surface area contributed by atoms with Crippen LogP contribution in [-0.4, -0.2) is 59.4 Å². The van der Waals surface area contributed by atoms with Gasteiger partial charge in [0.25, 0.3) is 0 Å². The van der Waals surface area contributed by atoms with E-state index < -0.39 is 0 Å². The van der Waals surface area contributed by atoms with E-state index in [0.717, 1.165) is 62.3 Å². The van der Waals surface area contributed by atoms with Crippen LogP contribution in [0, 0.1) is 6.92 Å². The van der Waals surface area contributed by atoms with E-state index in [2.05, 4.69) is 27.3 Å². The lowest BCUT2D eigenvalue weighted by molar-refractivity contribution is -0.113. The van der Waals surface area contributed by atoms with E-state index >= 15 is 0 Å². The summed E-state index contributed by atoms with van der Waals surface area (Å²) < 4.78 is 1.79. The van der Waals surface area contributed by atoms with Gasteiger partial charge < -0.3 is 15.2 Å². The number of thioether (sulfide) groups is 1. The molecule has 1 aliphatic carbocycles. The van der Waals surface area contributed by atoms with Gasteiger partial charge >= 0.3 is 5.69 Å². The fourth-order valence-electron chi connectivity index (χ4n) is 3.92. The van der Waals surface area contributed by atoms with Crippen molar-refractivity contribution in [1.29, 1.82) is 0 Å². The van der Waals surface area contributed by atoms with E-state index in [-0.39, 0.29) is 17.3 Å². The second kappa shape index (κ2) is 8.99. The van der Waals surface area contributed by atoms with Crippen molar-refractivity contribution >= 4 is 35.0 Å². The number of aromatic nitrogens is 2. The Kier molecular flexibility index (Phi) is 6.36. The second-order valence-corrected chi connectivity index (χ2v) is 9.22. The smallest absolute Gasteiger partial charge is 0.325 e. The molecule has 7 nitrogen and oxygen atoms in total. The Morgan fingerprint density at radius 1 is 1.23 bits per heavy atom. The Morgan fingerprint density at radius 2 is 2.00 bits per heavy atom. The summed E-state index contributed by atoms with van der Waals surface area (Å²) >= 11 is 7.46. The summed E-state index contributed by atoms with van der Waals surface area (Å²) in [6.07, 6.45) is 2.78. The van der Waals surface area contributed by atoms with Gasteiger partial charge in [0.15, 0.2) is 0 Å². The number of hydrogen-bond donors (Lipinski definition) is 1. The zero-order valence-electron chi connectivity index (χ0n) is 17.3. The standard InChI is InChI=1S/C21H26ClN5O2S/c1-14-6-7-15(12-17(14)22)23-19(28)13-30-20-16-4-3-5-18(16)27(21(29)24-20)26-10-8-25(2)9-11-26/h6-7,12H,3-5,8-11,13H2,1-2H3,(H,23,28). The van der Waals surface area contributed by atoms with Gasteiger partial charge in [0, 0.05) is 42.5 Å². The molecule has 1 fully saturated rings. The van der Waals surface area contributed by atoms with Crippen molar-refractivity contribution in [3.8, 4) is 0 Å². The third-order valence-corrected chi connectivity index (χ3v) is 7.06. The molecule has 0 unspecified atom stereocenters. The Balaban J connectivity index is 1.48. The van der Waals surface area contributed by atoms with Crippen LogP contribution in [-0.2, 0) is 17.6 Å².